The molecule has 0 spiro atoms. The van der Waals surface area contributed by atoms with Crippen LogP contribution in [-0.4, -0.2) is 17.8 Å². The smallest absolute Gasteiger partial charge is 0.231 e. The van der Waals surface area contributed by atoms with Gasteiger partial charge in [0.25, 0.3) is 0 Å². The fourth-order valence-corrected chi connectivity index (χ4v) is 3.43. The van der Waals surface area contributed by atoms with Crippen molar-refractivity contribution in [3.63, 3.8) is 0 Å². The third-order valence-electron chi connectivity index (χ3n) is 4.57. The molecule has 1 unspecified atom stereocenters. The Labute approximate surface area is 124 Å². The minimum absolute atomic E-state index is 0.304. The molecule has 1 aliphatic carbocycles. The summed E-state index contributed by atoms with van der Waals surface area (Å²) in [5.41, 5.74) is 0.431. The Bertz CT molecular complexity index is 696. The molecule has 0 bridgehead atoms. The highest BCUT2D eigenvalue weighted by atomic mass is 16.7. The summed E-state index contributed by atoms with van der Waals surface area (Å²) in [4.78, 5) is 4.54. The normalized spacial score (nSPS) is 22.7. The van der Waals surface area contributed by atoms with E-state index in [2.05, 4.69) is 24.1 Å². The van der Waals surface area contributed by atoms with Crippen molar-refractivity contribution in [2.75, 3.05) is 12.1 Å². The van der Waals surface area contributed by atoms with Crippen LogP contribution in [0.2, 0.25) is 0 Å². The van der Waals surface area contributed by atoms with Crippen LogP contribution in [0.25, 0.3) is 10.8 Å². The Morgan fingerprint density at radius 2 is 2.05 bits per heavy atom. The molecule has 2 aromatic rings. The SMILES string of the molecule is CC1(C)CCC(Nc2nccc3cc4c(cc23)OCO4)C1. The monoisotopic (exact) mass is 284 g/mol. The van der Waals surface area contributed by atoms with Gasteiger partial charge in [0.2, 0.25) is 6.79 Å². The van der Waals surface area contributed by atoms with E-state index in [1.165, 1.54) is 19.3 Å². The molecule has 0 radical (unpaired) electrons. The molecule has 0 saturated heterocycles. The van der Waals surface area contributed by atoms with Crippen molar-refractivity contribution in [2.24, 2.45) is 5.41 Å². The highest BCUT2D eigenvalue weighted by Gasteiger charge is 2.31. The molecule has 1 aromatic heterocycles. The first-order valence-corrected chi connectivity index (χ1v) is 7.56. The second kappa shape index (κ2) is 4.52. The molecule has 110 valence electrons. The number of nitrogens with one attached hydrogen (secondary N) is 1. The van der Waals surface area contributed by atoms with Crippen LogP contribution in [0.4, 0.5) is 5.82 Å². The lowest BCUT2D eigenvalue weighted by Crippen LogP contribution is -2.18. The molecule has 1 aliphatic heterocycles. The fraction of sp³-hybridized carbons (Fsp3) is 0.471. The number of pyridine rings is 1. The minimum Gasteiger partial charge on any atom is -0.454 e. The van der Waals surface area contributed by atoms with Crippen molar-refractivity contribution in [2.45, 2.75) is 39.2 Å². The summed E-state index contributed by atoms with van der Waals surface area (Å²) in [6.07, 6.45) is 5.51. The van der Waals surface area contributed by atoms with Crippen LogP contribution in [0, 0.1) is 5.41 Å². The molecule has 2 heterocycles. The fourth-order valence-electron chi connectivity index (χ4n) is 3.43. The summed E-state index contributed by atoms with van der Waals surface area (Å²) in [5, 5.41) is 5.86. The van der Waals surface area contributed by atoms with Crippen LogP contribution in [0.1, 0.15) is 33.1 Å². The van der Waals surface area contributed by atoms with Gasteiger partial charge < -0.3 is 14.8 Å². The second-order valence-electron chi connectivity index (χ2n) is 6.83. The number of aromatic nitrogens is 1. The summed E-state index contributed by atoms with van der Waals surface area (Å²) in [6.45, 7) is 4.98. The largest absolute Gasteiger partial charge is 0.454 e. The Morgan fingerprint density at radius 1 is 1.24 bits per heavy atom. The first kappa shape index (κ1) is 12.7. The van der Waals surface area contributed by atoms with Crippen LogP contribution in [-0.2, 0) is 0 Å². The van der Waals surface area contributed by atoms with Crippen molar-refractivity contribution in [3.8, 4) is 11.5 Å². The van der Waals surface area contributed by atoms with Crippen LogP contribution >= 0.6 is 0 Å². The maximum absolute atomic E-state index is 5.49. The van der Waals surface area contributed by atoms with Crippen LogP contribution < -0.4 is 14.8 Å². The zero-order chi connectivity index (χ0) is 14.4. The van der Waals surface area contributed by atoms with Crippen LogP contribution in [0.3, 0.4) is 0 Å². The molecule has 4 heteroatoms. The van der Waals surface area contributed by atoms with Gasteiger partial charge in [-0.3, -0.25) is 0 Å². The van der Waals surface area contributed by atoms with E-state index in [4.69, 9.17) is 9.47 Å². The van der Waals surface area contributed by atoms with E-state index < -0.39 is 0 Å². The average Bonchev–Trinajstić information content (AvgIpc) is 3.02. The maximum atomic E-state index is 5.49. The van der Waals surface area contributed by atoms with E-state index in [-0.39, 0.29) is 0 Å². The van der Waals surface area contributed by atoms with Gasteiger partial charge in [0.05, 0.1) is 0 Å². The lowest BCUT2D eigenvalue weighted by Gasteiger charge is -2.19. The van der Waals surface area contributed by atoms with Gasteiger partial charge in [-0.05, 0) is 48.3 Å². The summed E-state index contributed by atoms with van der Waals surface area (Å²) < 4.78 is 10.9. The zero-order valence-electron chi connectivity index (χ0n) is 12.5. The molecule has 1 fully saturated rings. The standard InChI is InChI=1S/C17H20N2O2/c1-17(2)5-3-12(9-17)19-16-13-8-15-14(20-10-21-15)7-11(13)4-6-18-16/h4,6-8,12H,3,5,9-10H2,1-2H3,(H,18,19). The number of hydrogen-bond donors (Lipinski definition) is 1. The zero-order valence-corrected chi connectivity index (χ0v) is 12.5. The van der Waals surface area contributed by atoms with E-state index in [9.17, 15) is 0 Å². The number of benzene rings is 1. The summed E-state index contributed by atoms with van der Waals surface area (Å²) in [6, 6.07) is 6.58. The number of rotatable bonds is 2. The summed E-state index contributed by atoms with van der Waals surface area (Å²) in [5.74, 6) is 2.58. The maximum Gasteiger partial charge on any atom is 0.231 e. The molecule has 1 atom stereocenters. The van der Waals surface area contributed by atoms with Gasteiger partial charge >= 0.3 is 0 Å². The number of fused-ring (bicyclic) bond motifs is 2. The molecular formula is C17H20N2O2. The Hall–Kier alpha value is -1.97. The molecular weight excluding hydrogens is 264 g/mol. The van der Waals surface area contributed by atoms with Crippen LogP contribution in [0.15, 0.2) is 24.4 Å². The van der Waals surface area contributed by atoms with Crippen molar-refractivity contribution < 1.29 is 9.47 Å². The van der Waals surface area contributed by atoms with Crippen LogP contribution in [0.5, 0.6) is 11.5 Å². The number of nitrogens with zero attached hydrogens (tertiary/aromatic N) is 1. The topological polar surface area (TPSA) is 43.4 Å². The Kier molecular flexibility index (Phi) is 2.74. The number of ether oxygens (including phenoxy) is 2. The van der Waals surface area contributed by atoms with Crippen molar-refractivity contribution in [1.82, 2.24) is 4.98 Å². The van der Waals surface area contributed by atoms with Crippen molar-refractivity contribution >= 4 is 16.6 Å². The Balaban J connectivity index is 1.69. The van der Waals surface area contributed by atoms with Gasteiger partial charge in [-0.15, -0.1) is 0 Å². The quantitative estimate of drug-likeness (QED) is 0.906. The van der Waals surface area contributed by atoms with Gasteiger partial charge in [-0.2, -0.15) is 0 Å². The predicted octanol–water partition coefficient (Wildman–Crippen LogP) is 3.95. The molecule has 4 nitrogen and oxygen atoms in total. The molecule has 1 N–H and O–H groups in total. The summed E-state index contributed by atoms with van der Waals surface area (Å²) >= 11 is 0. The first-order chi connectivity index (χ1) is 10.1. The third kappa shape index (κ3) is 2.28. The number of anilines is 1. The molecule has 1 saturated carbocycles. The Morgan fingerprint density at radius 3 is 2.81 bits per heavy atom. The van der Waals surface area contributed by atoms with E-state index >= 15 is 0 Å². The van der Waals surface area contributed by atoms with E-state index in [0.29, 0.717) is 18.2 Å². The highest BCUT2D eigenvalue weighted by molar-refractivity contribution is 5.94. The van der Waals surface area contributed by atoms with Crippen molar-refractivity contribution in [1.29, 1.82) is 0 Å². The lowest BCUT2D eigenvalue weighted by atomic mass is 9.92. The molecule has 21 heavy (non-hydrogen) atoms. The number of hydrogen-bond acceptors (Lipinski definition) is 4. The van der Waals surface area contributed by atoms with Gasteiger partial charge in [0.1, 0.15) is 5.82 Å². The van der Waals surface area contributed by atoms with E-state index in [0.717, 1.165) is 28.1 Å². The molecule has 4 rings (SSSR count). The van der Waals surface area contributed by atoms with Crippen molar-refractivity contribution in [3.05, 3.63) is 24.4 Å². The predicted molar refractivity (Wildman–Crippen MR) is 82.9 cm³/mol. The first-order valence-electron chi connectivity index (χ1n) is 7.56. The minimum atomic E-state index is 0.304. The average molecular weight is 284 g/mol. The van der Waals surface area contributed by atoms with E-state index in [1.54, 1.807) is 0 Å². The second-order valence-corrected chi connectivity index (χ2v) is 6.83. The van der Waals surface area contributed by atoms with Gasteiger partial charge in [0, 0.05) is 17.6 Å². The van der Waals surface area contributed by atoms with Gasteiger partial charge in [-0.25, -0.2) is 4.98 Å². The lowest BCUT2D eigenvalue weighted by molar-refractivity contribution is 0.174. The summed E-state index contributed by atoms with van der Waals surface area (Å²) in [7, 11) is 0. The van der Waals surface area contributed by atoms with Gasteiger partial charge in [-0.1, -0.05) is 13.8 Å². The van der Waals surface area contributed by atoms with E-state index in [1.807, 2.05) is 24.4 Å². The molecule has 2 aliphatic rings. The molecule has 1 aromatic carbocycles. The molecule has 0 amide bonds. The highest BCUT2D eigenvalue weighted by Crippen LogP contribution is 2.40. The third-order valence-corrected chi connectivity index (χ3v) is 4.57. The van der Waals surface area contributed by atoms with Gasteiger partial charge in [0.15, 0.2) is 11.5 Å².